The van der Waals surface area contributed by atoms with Crippen LogP contribution in [0.25, 0.3) is 0 Å². The molecule has 0 aliphatic rings. The van der Waals surface area contributed by atoms with E-state index in [1.807, 2.05) is 36.4 Å². The summed E-state index contributed by atoms with van der Waals surface area (Å²) in [6.45, 7) is 0.615. The molecule has 0 saturated carbocycles. The smallest absolute Gasteiger partial charge is 0.134 e. The minimum Gasteiger partial charge on any atom is -0.492 e. The van der Waals surface area contributed by atoms with Crippen molar-refractivity contribution in [2.24, 2.45) is 0 Å². The lowest BCUT2D eigenvalue weighted by atomic mass is 10.2. The van der Waals surface area contributed by atoms with E-state index in [1.54, 1.807) is 12.4 Å². The van der Waals surface area contributed by atoms with Gasteiger partial charge in [0.05, 0.1) is 18.1 Å². The Morgan fingerprint density at radius 3 is 2.68 bits per heavy atom. The number of pyridine rings is 1. The van der Waals surface area contributed by atoms with Gasteiger partial charge in [-0.25, -0.2) is 0 Å². The zero-order valence-corrected chi connectivity index (χ0v) is 11.2. The molecular formula is C16H14ClNO. The van der Waals surface area contributed by atoms with Gasteiger partial charge in [0.15, 0.2) is 0 Å². The molecule has 2 nitrogen and oxygen atoms in total. The highest BCUT2D eigenvalue weighted by Crippen LogP contribution is 2.17. The lowest BCUT2D eigenvalue weighted by molar-refractivity contribution is 0.321. The van der Waals surface area contributed by atoms with Crippen LogP contribution in [0.4, 0.5) is 0 Å². The number of para-hydroxylation sites is 1. The SMILES string of the molecule is ClCC#Cc1ccccc1OCCc1ccncc1. The summed E-state index contributed by atoms with van der Waals surface area (Å²) in [4.78, 5) is 3.99. The van der Waals surface area contributed by atoms with E-state index in [0.717, 1.165) is 17.7 Å². The van der Waals surface area contributed by atoms with E-state index in [9.17, 15) is 0 Å². The van der Waals surface area contributed by atoms with Gasteiger partial charge in [0, 0.05) is 18.8 Å². The van der Waals surface area contributed by atoms with Crippen molar-refractivity contribution in [3.8, 4) is 17.6 Å². The van der Waals surface area contributed by atoms with E-state index in [2.05, 4.69) is 16.8 Å². The molecule has 0 atom stereocenters. The third-order valence-electron chi connectivity index (χ3n) is 2.57. The van der Waals surface area contributed by atoms with Crippen LogP contribution >= 0.6 is 11.6 Å². The van der Waals surface area contributed by atoms with Crippen LogP contribution in [0, 0.1) is 11.8 Å². The van der Waals surface area contributed by atoms with Crippen molar-refractivity contribution in [3.63, 3.8) is 0 Å². The third kappa shape index (κ3) is 4.31. The van der Waals surface area contributed by atoms with Gasteiger partial charge in [-0.3, -0.25) is 4.98 Å². The maximum Gasteiger partial charge on any atom is 0.134 e. The maximum atomic E-state index is 5.77. The summed E-state index contributed by atoms with van der Waals surface area (Å²) < 4.78 is 5.77. The highest BCUT2D eigenvalue weighted by molar-refractivity contribution is 6.19. The fourth-order valence-electron chi connectivity index (χ4n) is 1.65. The van der Waals surface area contributed by atoms with Gasteiger partial charge in [0.2, 0.25) is 0 Å². The number of aromatic nitrogens is 1. The Labute approximate surface area is 118 Å². The van der Waals surface area contributed by atoms with Gasteiger partial charge in [0.1, 0.15) is 5.75 Å². The van der Waals surface area contributed by atoms with Crippen molar-refractivity contribution >= 4 is 11.6 Å². The summed E-state index contributed by atoms with van der Waals surface area (Å²) in [6.07, 6.45) is 4.42. The number of ether oxygens (including phenoxy) is 1. The molecule has 19 heavy (non-hydrogen) atoms. The van der Waals surface area contributed by atoms with Gasteiger partial charge in [0.25, 0.3) is 0 Å². The first kappa shape index (κ1) is 13.5. The van der Waals surface area contributed by atoms with Gasteiger partial charge < -0.3 is 4.74 Å². The molecule has 0 amide bonds. The van der Waals surface area contributed by atoms with E-state index in [-0.39, 0.29) is 0 Å². The Morgan fingerprint density at radius 2 is 1.89 bits per heavy atom. The molecule has 0 N–H and O–H groups in total. The van der Waals surface area contributed by atoms with Crippen molar-refractivity contribution in [1.82, 2.24) is 4.98 Å². The van der Waals surface area contributed by atoms with Gasteiger partial charge in [-0.05, 0) is 29.8 Å². The summed E-state index contributed by atoms with van der Waals surface area (Å²) in [6, 6.07) is 11.7. The third-order valence-corrected chi connectivity index (χ3v) is 2.71. The molecule has 0 saturated heterocycles. The van der Waals surface area contributed by atoms with Crippen molar-refractivity contribution in [2.75, 3.05) is 12.5 Å². The van der Waals surface area contributed by atoms with E-state index in [0.29, 0.717) is 12.5 Å². The average molecular weight is 272 g/mol. The molecule has 0 spiro atoms. The fourth-order valence-corrected chi connectivity index (χ4v) is 1.72. The van der Waals surface area contributed by atoms with Crippen LogP contribution in [-0.2, 0) is 6.42 Å². The van der Waals surface area contributed by atoms with Crippen molar-refractivity contribution in [3.05, 3.63) is 59.9 Å². The number of rotatable bonds is 4. The quantitative estimate of drug-likeness (QED) is 0.629. The number of benzene rings is 1. The molecule has 0 radical (unpaired) electrons. The first-order valence-electron chi connectivity index (χ1n) is 6.05. The molecule has 0 unspecified atom stereocenters. The van der Waals surface area contributed by atoms with Crippen molar-refractivity contribution in [1.29, 1.82) is 0 Å². The number of hydrogen-bond acceptors (Lipinski definition) is 2. The standard InChI is InChI=1S/C16H14ClNO/c17-10-3-5-15-4-1-2-6-16(15)19-13-9-14-7-11-18-12-8-14/h1-2,4,6-8,11-12H,9-10,13H2. The van der Waals surface area contributed by atoms with Crippen LogP contribution in [0.15, 0.2) is 48.8 Å². The Bertz CT molecular complexity index is 572. The number of halogens is 1. The molecule has 2 rings (SSSR count). The Hall–Kier alpha value is -1.98. The summed E-state index contributed by atoms with van der Waals surface area (Å²) >= 11 is 5.57. The van der Waals surface area contributed by atoms with E-state index in [1.165, 1.54) is 5.56 Å². The van der Waals surface area contributed by atoms with Gasteiger partial charge in [-0.2, -0.15) is 0 Å². The van der Waals surface area contributed by atoms with Crippen LogP contribution in [0.2, 0.25) is 0 Å². The molecule has 0 aliphatic carbocycles. The monoisotopic (exact) mass is 271 g/mol. The summed E-state index contributed by atoms with van der Waals surface area (Å²) in [5.41, 5.74) is 2.08. The lowest BCUT2D eigenvalue weighted by Gasteiger charge is -2.08. The van der Waals surface area contributed by atoms with Gasteiger partial charge >= 0.3 is 0 Å². The minimum atomic E-state index is 0.325. The summed E-state index contributed by atoms with van der Waals surface area (Å²) in [5, 5.41) is 0. The fraction of sp³-hybridized carbons (Fsp3) is 0.188. The van der Waals surface area contributed by atoms with Gasteiger partial charge in [-0.1, -0.05) is 24.0 Å². The number of nitrogens with zero attached hydrogens (tertiary/aromatic N) is 1. The molecule has 3 heteroatoms. The molecule has 0 aliphatic heterocycles. The molecule has 2 aromatic rings. The Morgan fingerprint density at radius 1 is 1.11 bits per heavy atom. The normalized spacial score (nSPS) is 9.53. The first-order chi connectivity index (χ1) is 9.40. The molecular weight excluding hydrogens is 258 g/mol. The second-order valence-corrected chi connectivity index (χ2v) is 4.15. The van der Waals surface area contributed by atoms with Crippen LogP contribution in [0.5, 0.6) is 5.75 Å². The lowest BCUT2D eigenvalue weighted by Crippen LogP contribution is -2.02. The largest absolute Gasteiger partial charge is 0.492 e. The molecule has 96 valence electrons. The topological polar surface area (TPSA) is 22.1 Å². The molecule has 1 aromatic heterocycles. The van der Waals surface area contributed by atoms with Crippen LogP contribution in [-0.4, -0.2) is 17.5 Å². The highest BCUT2D eigenvalue weighted by Gasteiger charge is 2.00. The first-order valence-corrected chi connectivity index (χ1v) is 6.59. The van der Waals surface area contributed by atoms with Crippen LogP contribution in [0.3, 0.4) is 0 Å². The summed E-state index contributed by atoms with van der Waals surface area (Å²) in [5.74, 6) is 6.96. The Balaban J connectivity index is 1.96. The molecule has 1 heterocycles. The van der Waals surface area contributed by atoms with E-state index in [4.69, 9.17) is 16.3 Å². The Kier molecular flexibility index (Phi) is 5.28. The number of hydrogen-bond donors (Lipinski definition) is 0. The maximum absolute atomic E-state index is 5.77. The summed E-state index contributed by atoms with van der Waals surface area (Å²) in [7, 11) is 0. The second kappa shape index (κ2) is 7.45. The van der Waals surface area contributed by atoms with Crippen LogP contribution < -0.4 is 4.74 Å². The molecule has 1 aromatic carbocycles. The zero-order chi connectivity index (χ0) is 13.3. The number of alkyl halides is 1. The predicted molar refractivity (Wildman–Crippen MR) is 77.5 cm³/mol. The predicted octanol–water partition coefficient (Wildman–Crippen LogP) is 3.29. The van der Waals surface area contributed by atoms with Crippen molar-refractivity contribution in [2.45, 2.75) is 6.42 Å². The highest BCUT2D eigenvalue weighted by atomic mass is 35.5. The van der Waals surface area contributed by atoms with Crippen molar-refractivity contribution < 1.29 is 4.74 Å². The van der Waals surface area contributed by atoms with E-state index < -0.39 is 0 Å². The zero-order valence-electron chi connectivity index (χ0n) is 10.5. The molecule has 0 fully saturated rings. The molecule has 0 bridgehead atoms. The second-order valence-electron chi connectivity index (χ2n) is 3.89. The van der Waals surface area contributed by atoms with E-state index >= 15 is 0 Å². The van der Waals surface area contributed by atoms with Crippen LogP contribution in [0.1, 0.15) is 11.1 Å². The average Bonchev–Trinajstić information content (AvgIpc) is 2.47. The van der Waals surface area contributed by atoms with Gasteiger partial charge in [-0.15, -0.1) is 11.6 Å². The minimum absolute atomic E-state index is 0.325.